The average molecular weight is 492 g/mol. The average Bonchev–Trinajstić information content (AvgIpc) is 3.39. The summed E-state index contributed by atoms with van der Waals surface area (Å²) in [5.74, 6) is -0.0944. The van der Waals surface area contributed by atoms with Gasteiger partial charge in [-0.3, -0.25) is 9.59 Å². The minimum Gasteiger partial charge on any atom is -0.491 e. The summed E-state index contributed by atoms with van der Waals surface area (Å²) in [6, 6.07) is 17.9. The molecule has 8 heteroatoms. The van der Waals surface area contributed by atoms with Crippen LogP contribution in [0.4, 0.5) is 0 Å². The first kappa shape index (κ1) is 23.5. The second-order valence-corrected chi connectivity index (χ2v) is 9.98. The Morgan fingerprint density at radius 3 is 2.71 bits per heavy atom. The zero-order valence-corrected chi connectivity index (χ0v) is 20.4. The largest absolute Gasteiger partial charge is 0.491 e. The van der Waals surface area contributed by atoms with E-state index in [1.807, 2.05) is 49.4 Å². The van der Waals surface area contributed by atoms with E-state index in [0.717, 1.165) is 10.4 Å². The monoisotopic (exact) mass is 491 g/mol. The second-order valence-electron chi connectivity index (χ2n) is 8.88. The van der Waals surface area contributed by atoms with E-state index in [9.17, 15) is 14.7 Å². The van der Waals surface area contributed by atoms with E-state index in [2.05, 4.69) is 22.8 Å². The third kappa shape index (κ3) is 4.82. The maximum Gasteiger partial charge on any atom is 0.265 e. The molecule has 0 saturated carbocycles. The molecule has 7 nitrogen and oxygen atoms in total. The number of fused-ring (bicyclic) bond motifs is 2. The van der Waals surface area contributed by atoms with Gasteiger partial charge in [0.15, 0.2) is 5.75 Å². The van der Waals surface area contributed by atoms with Gasteiger partial charge in [0.25, 0.3) is 11.8 Å². The molecular weight excluding hydrogens is 462 g/mol. The van der Waals surface area contributed by atoms with E-state index in [1.54, 1.807) is 4.90 Å². The highest BCUT2D eigenvalue weighted by molar-refractivity contribution is 7.15. The molecule has 0 fully saturated rings. The molecule has 1 unspecified atom stereocenters. The zero-order valence-electron chi connectivity index (χ0n) is 19.6. The highest BCUT2D eigenvalue weighted by atomic mass is 32.1. The highest BCUT2D eigenvalue weighted by Gasteiger charge is 2.37. The molecule has 0 radical (unpaired) electrons. The number of carbonyl (C=O) groups is 2. The Bertz CT molecular complexity index is 1230. The fraction of sp³-hybridized carbons (Fsp3) is 0.333. The number of hydrogen-bond acceptors (Lipinski definition) is 6. The van der Waals surface area contributed by atoms with Crippen LogP contribution in [0.1, 0.15) is 48.5 Å². The molecule has 3 aromatic rings. The number of nitrogens with zero attached hydrogens (tertiary/aromatic N) is 1. The Kier molecular flexibility index (Phi) is 6.86. The number of nitrogens with one attached hydrogen (secondary N) is 2. The first-order chi connectivity index (χ1) is 17.0. The number of aliphatic hydroxyl groups excluding tert-OH is 1. The predicted octanol–water partition coefficient (Wildman–Crippen LogP) is 3.11. The number of hydrogen-bond donors (Lipinski definition) is 3. The molecule has 0 spiro atoms. The number of carbonyl (C=O) groups excluding carboxylic acids is 2. The summed E-state index contributed by atoms with van der Waals surface area (Å²) in [6.45, 7) is 3.96. The van der Waals surface area contributed by atoms with Crippen LogP contribution in [0.3, 0.4) is 0 Å². The van der Waals surface area contributed by atoms with Gasteiger partial charge in [0.2, 0.25) is 0 Å². The van der Waals surface area contributed by atoms with Crippen molar-refractivity contribution >= 4 is 23.2 Å². The number of benzene rings is 2. The van der Waals surface area contributed by atoms with Crippen LogP contribution in [0.15, 0.2) is 54.6 Å². The first-order valence-electron chi connectivity index (χ1n) is 11.9. The van der Waals surface area contributed by atoms with E-state index in [4.69, 9.17) is 4.74 Å². The predicted molar refractivity (Wildman–Crippen MR) is 135 cm³/mol. The quantitative estimate of drug-likeness (QED) is 0.451. The van der Waals surface area contributed by atoms with Crippen molar-refractivity contribution in [3.63, 3.8) is 0 Å². The third-order valence-corrected chi connectivity index (χ3v) is 7.69. The van der Waals surface area contributed by atoms with Gasteiger partial charge < -0.3 is 25.4 Å². The third-order valence-electron chi connectivity index (χ3n) is 6.53. The maximum absolute atomic E-state index is 13.2. The minimum atomic E-state index is -0.738. The van der Waals surface area contributed by atoms with Gasteiger partial charge in [-0.05, 0) is 30.0 Å². The Hall–Kier alpha value is -3.20. The SMILES string of the molecule is CCOc1c(C(=O)NCC(O)[C@@H]2Cc3ccccc3CN2)sc2c1C(=O)N(Cc1ccccc1)C2. The van der Waals surface area contributed by atoms with Gasteiger partial charge in [-0.15, -0.1) is 11.3 Å². The molecule has 2 atom stereocenters. The minimum absolute atomic E-state index is 0.112. The Labute approximate surface area is 208 Å². The van der Waals surface area contributed by atoms with Crippen molar-refractivity contribution in [3.8, 4) is 5.75 Å². The van der Waals surface area contributed by atoms with Crippen LogP contribution in [0.2, 0.25) is 0 Å². The van der Waals surface area contributed by atoms with Crippen LogP contribution < -0.4 is 15.4 Å². The summed E-state index contributed by atoms with van der Waals surface area (Å²) in [5.41, 5.74) is 4.00. The van der Waals surface area contributed by atoms with Gasteiger partial charge in [-0.25, -0.2) is 0 Å². The van der Waals surface area contributed by atoms with Gasteiger partial charge in [0.05, 0.1) is 24.8 Å². The Morgan fingerprint density at radius 1 is 1.20 bits per heavy atom. The normalized spacial score (nSPS) is 17.6. The van der Waals surface area contributed by atoms with Crippen molar-refractivity contribution in [2.75, 3.05) is 13.2 Å². The van der Waals surface area contributed by atoms with Crippen molar-refractivity contribution in [1.82, 2.24) is 15.5 Å². The lowest BCUT2D eigenvalue weighted by molar-refractivity contribution is 0.0763. The van der Waals surface area contributed by atoms with E-state index in [0.29, 0.717) is 48.9 Å². The molecule has 2 aliphatic rings. The van der Waals surface area contributed by atoms with E-state index < -0.39 is 6.10 Å². The Morgan fingerprint density at radius 2 is 1.94 bits per heavy atom. The number of rotatable bonds is 8. The number of ether oxygens (including phenoxy) is 1. The second kappa shape index (κ2) is 10.2. The molecule has 182 valence electrons. The standard InChI is InChI=1S/C27H29N3O4S/c1-2-34-24-23-22(16-30(27(23)33)15-17-8-4-3-5-9-17)35-25(24)26(32)29-14-21(31)20-12-18-10-6-7-11-19(18)13-28-20/h3-11,20-21,28,31H,2,12-16H2,1H3,(H,29,32)/t20-,21?/m0/s1. The maximum atomic E-state index is 13.2. The molecule has 3 heterocycles. The van der Waals surface area contributed by atoms with Crippen LogP contribution >= 0.6 is 11.3 Å². The topological polar surface area (TPSA) is 90.9 Å². The van der Waals surface area contributed by atoms with Crippen LogP contribution in [0.5, 0.6) is 5.75 Å². The van der Waals surface area contributed by atoms with Gasteiger partial charge in [0, 0.05) is 30.6 Å². The lowest BCUT2D eigenvalue weighted by Crippen LogP contribution is -2.49. The zero-order chi connectivity index (χ0) is 24.4. The van der Waals surface area contributed by atoms with Gasteiger partial charge >= 0.3 is 0 Å². The molecule has 35 heavy (non-hydrogen) atoms. The van der Waals surface area contributed by atoms with E-state index in [1.165, 1.54) is 22.5 Å². The van der Waals surface area contributed by atoms with Crippen molar-refractivity contribution in [3.05, 3.63) is 86.6 Å². The van der Waals surface area contributed by atoms with Crippen LogP contribution in [-0.4, -0.2) is 47.1 Å². The summed E-state index contributed by atoms with van der Waals surface area (Å²) < 4.78 is 5.80. The lowest BCUT2D eigenvalue weighted by atomic mass is 9.93. The summed E-state index contributed by atoms with van der Waals surface area (Å²) in [4.78, 5) is 29.3. The lowest BCUT2D eigenvalue weighted by Gasteiger charge is -2.30. The first-order valence-corrected chi connectivity index (χ1v) is 12.7. The van der Waals surface area contributed by atoms with Gasteiger partial charge in [-0.1, -0.05) is 54.6 Å². The molecule has 2 aliphatic heterocycles. The van der Waals surface area contributed by atoms with Crippen molar-refractivity contribution in [1.29, 1.82) is 0 Å². The smallest absolute Gasteiger partial charge is 0.265 e. The fourth-order valence-corrected chi connectivity index (χ4v) is 5.89. The summed E-state index contributed by atoms with van der Waals surface area (Å²) in [7, 11) is 0. The molecule has 0 bridgehead atoms. The van der Waals surface area contributed by atoms with Gasteiger partial charge in [0.1, 0.15) is 4.88 Å². The molecule has 0 aliphatic carbocycles. The van der Waals surface area contributed by atoms with Crippen molar-refractivity contribution in [2.45, 2.75) is 45.1 Å². The van der Waals surface area contributed by atoms with Crippen LogP contribution in [-0.2, 0) is 26.1 Å². The van der Waals surface area contributed by atoms with Crippen molar-refractivity contribution in [2.24, 2.45) is 0 Å². The van der Waals surface area contributed by atoms with E-state index in [-0.39, 0.29) is 24.4 Å². The summed E-state index contributed by atoms with van der Waals surface area (Å²) >= 11 is 1.30. The fourth-order valence-electron chi connectivity index (χ4n) is 4.73. The molecule has 3 N–H and O–H groups in total. The van der Waals surface area contributed by atoms with E-state index >= 15 is 0 Å². The molecule has 0 saturated heterocycles. The van der Waals surface area contributed by atoms with Gasteiger partial charge in [-0.2, -0.15) is 0 Å². The molecule has 2 aromatic carbocycles. The van der Waals surface area contributed by atoms with Crippen LogP contribution in [0, 0.1) is 0 Å². The number of amides is 2. The van der Waals surface area contributed by atoms with Crippen molar-refractivity contribution < 1.29 is 19.4 Å². The molecule has 5 rings (SSSR count). The molecule has 1 aromatic heterocycles. The summed E-state index contributed by atoms with van der Waals surface area (Å²) in [6.07, 6.45) is -0.0335. The molecular formula is C27H29N3O4S. The Balaban J connectivity index is 1.25. The highest BCUT2D eigenvalue weighted by Crippen LogP contribution is 2.41. The molecule has 2 amide bonds. The van der Waals surface area contributed by atoms with Crippen LogP contribution in [0.25, 0.3) is 0 Å². The number of thiophene rings is 1. The summed E-state index contributed by atoms with van der Waals surface area (Å²) in [5, 5.41) is 16.9. The number of aliphatic hydroxyl groups is 1.